The van der Waals surface area contributed by atoms with E-state index < -0.39 is 0 Å². The Labute approximate surface area is 133 Å². The summed E-state index contributed by atoms with van der Waals surface area (Å²) in [4.78, 5) is 17.1. The van der Waals surface area contributed by atoms with Crippen molar-refractivity contribution >= 4 is 5.91 Å². The molecule has 0 aliphatic carbocycles. The molecule has 4 nitrogen and oxygen atoms in total. The first-order valence-corrected chi connectivity index (χ1v) is 8.42. The van der Waals surface area contributed by atoms with Crippen LogP contribution in [-0.2, 0) is 11.2 Å². The van der Waals surface area contributed by atoms with Crippen LogP contribution in [0.4, 0.5) is 0 Å². The zero-order valence-electron chi connectivity index (χ0n) is 13.8. The molecule has 1 amide bonds. The molecule has 1 aromatic carbocycles. The van der Waals surface area contributed by atoms with E-state index in [0.29, 0.717) is 12.5 Å². The van der Waals surface area contributed by atoms with Crippen molar-refractivity contribution in [3.05, 3.63) is 34.9 Å². The van der Waals surface area contributed by atoms with Crippen molar-refractivity contribution in [1.82, 2.24) is 15.1 Å². The van der Waals surface area contributed by atoms with E-state index in [4.69, 9.17) is 0 Å². The third-order valence-electron chi connectivity index (χ3n) is 5.06. The lowest BCUT2D eigenvalue weighted by atomic mass is 10.0. The lowest BCUT2D eigenvalue weighted by molar-refractivity contribution is -0.132. The van der Waals surface area contributed by atoms with Crippen LogP contribution in [-0.4, -0.2) is 61.0 Å². The lowest BCUT2D eigenvalue weighted by Gasteiger charge is -2.38. The summed E-state index contributed by atoms with van der Waals surface area (Å²) in [5.74, 6) is 0.276. The Bertz CT molecular complexity index is 529. The SMILES string of the molecule is Cc1ccc(C)c(CC(=O)N2CCN([C@@H]3CCNC3)CC2)c1. The largest absolute Gasteiger partial charge is 0.340 e. The number of amides is 1. The molecule has 4 heteroatoms. The van der Waals surface area contributed by atoms with Gasteiger partial charge >= 0.3 is 0 Å². The maximum absolute atomic E-state index is 12.6. The van der Waals surface area contributed by atoms with Crippen LogP contribution in [0.1, 0.15) is 23.1 Å². The first-order valence-electron chi connectivity index (χ1n) is 8.42. The molecule has 2 aliphatic rings. The molecular formula is C18H27N3O. The van der Waals surface area contributed by atoms with E-state index >= 15 is 0 Å². The molecule has 22 heavy (non-hydrogen) atoms. The van der Waals surface area contributed by atoms with Gasteiger partial charge in [-0.2, -0.15) is 0 Å². The van der Waals surface area contributed by atoms with Gasteiger partial charge in [-0.3, -0.25) is 9.69 Å². The molecular weight excluding hydrogens is 274 g/mol. The van der Waals surface area contributed by atoms with E-state index in [9.17, 15) is 4.79 Å². The fourth-order valence-corrected chi connectivity index (χ4v) is 3.55. The van der Waals surface area contributed by atoms with Gasteiger partial charge in [0.25, 0.3) is 0 Å². The summed E-state index contributed by atoms with van der Waals surface area (Å²) in [5, 5.41) is 3.43. The topological polar surface area (TPSA) is 35.6 Å². The number of carbonyl (C=O) groups excluding carboxylic acids is 1. The maximum Gasteiger partial charge on any atom is 0.227 e. The number of hydrogen-bond donors (Lipinski definition) is 1. The van der Waals surface area contributed by atoms with E-state index in [1.54, 1.807) is 0 Å². The molecule has 1 aromatic rings. The molecule has 0 spiro atoms. The Morgan fingerprint density at radius 2 is 2.00 bits per heavy atom. The first kappa shape index (κ1) is 15.5. The number of benzene rings is 1. The first-order chi connectivity index (χ1) is 10.6. The van der Waals surface area contributed by atoms with Gasteiger partial charge < -0.3 is 10.2 Å². The Morgan fingerprint density at radius 3 is 2.68 bits per heavy atom. The molecule has 2 aliphatic heterocycles. The number of rotatable bonds is 3. The van der Waals surface area contributed by atoms with Gasteiger partial charge in [-0.15, -0.1) is 0 Å². The molecule has 0 saturated carbocycles. The number of piperazine rings is 1. The monoisotopic (exact) mass is 301 g/mol. The summed E-state index contributed by atoms with van der Waals surface area (Å²) in [7, 11) is 0. The zero-order chi connectivity index (χ0) is 15.5. The van der Waals surface area contributed by atoms with Crippen molar-refractivity contribution in [2.45, 2.75) is 32.7 Å². The highest BCUT2D eigenvalue weighted by atomic mass is 16.2. The van der Waals surface area contributed by atoms with E-state index in [0.717, 1.165) is 39.3 Å². The van der Waals surface area contributed by atoms with Gasteiger partial charge in [0, 0.05) is 38.8 Å². The summed E-state index contributed by atoms with van der Waals surface area (Å²) in [6, 6.07) is 7.05. The van der Waals surface area contributed by atoms with Crippen LogP contribution in [0.25, 0.3) is 0 Å². The van der Waals surface area contributed by atoms with Gasteiger partial charge in [-0.1, -0.05) is 23.8 Å². The molecule has 1 atom stereocenters. The summed E-state index contributed by atoms with van der Waals surface area (Å²) < 4.78 is 0. The van der Waals surface area contributed by atoms with Crippen molar-refractivity contribution in [2.75, 3.05) is 39.3 Å². The smallest absolute Gasteiger partial charge is 0.227 e. The summed E-state index contributed by atoms with van der Waals surface area (Å²) in [6.07, 6.45) is 1.79. The van der Waals surface area contributed by atoms with Crippen LogP contribution in [0.2, 0.25) is 0 Å². The van der Waals surface area contributed by atoms with Crippen LogP contribution in [0.5, 0.6) is 0 Å². The zero-order valence-corrected chi connectivity index (χ0v) is 13.8. The Balaban J connectivity index is 1.54. The number of hydrogen-bond acceptors (Lipinski definition) is 3. The number of nitrogens with zero attached hydrogens (tertiary/aromatic N) is 2. The van der Waals surface area contributed by atoms with Gasteiger partial charge in [0.05, 0.1) is 6.42 Å². The van der Waals surface area contributed by atoms with E-state index in [2.05, 4.69) is 42.3 Å². The molecule has 2 heterocycles. The summed E-state index contributed by atoms with van der Waals surface area (Å²) in [5.41, 5.74) is 3.62. The third-order valence-corrected chi connectivity index (χ3v) is 5.06. The van der Waals surface area contributed by atoms with Crippen LogP contribution >= 0.6 is 0 Å². The molecule has 0 unspecified atom stereocenters. The molecule has 2 saturated heterocycles. The second-order valence-corrected chi connectivity index (χ2v) is 6.67. The average molecular weight is 301 g/mol. The van der Waals surface area contributed by atoms with Gasteiger partial charge in [-0.05, 0) is 37.9 Å². The molecule has 2 fully saturated rings. The van der Waals surface area contributed by atoms with E-state index in [1.807, 2.05) is 4.90 Å². The van der Waals surface area contributed by atoms with Crippen molar-refractivity contribution in [2.24, 2.45) is 0 Å². The fraction of sp³-hybridized carbons (Fsp3) is 0.611. The summed E-state index contributed by atoms with van der Waals surface area (Å²) >= 11 is 0. The highest BCUT2D eigenvalue weighted by molar-refractivity contribution is 5.79. The normalized spacial score (nSPS) is 23.0. The highest BCUT2D eigenvalue weighted by Gasteiger charge is 2.27. The Hall–Kier alpha value is -1.39. The minimum Gasteiger partial charge on any atom is -0.340 e. The molecule has 0 radical (unpaired) electrons. The van der Waals surface area contributed by atoms with E-state index in [1.165, 1.54) is 23.1 Å². The predicted octanol–water partition coefficient (Wildman–Crippen LogP) is 1.35. The molecule has 3 rings (SSSR count). The Kier molecular flexibility index (Phi) is 4.79. The van der Waals surface area contributed by atoms with Gasteiger partial charge in [0.1, 0.15) is 0 Å². The van der Waals surface area contributed by atoms with Crippen LogP contribution < -0.4 is 5.32 Å². The van der Waals surface area contributed by atoms with Crippen molar-refractivity contribution in [1.29, 1.82) is 0 Å². The van der Waals surface area contributed by atoms with Crippen molar-refractivity contribution in [3.63, 3.8) is 0 Å². The fourth-order valence-electron chi connectivity index (χ4n) is 3.55. The quantitative estimate of drug-likeness (QED) is 0.915. The second kappa shape index (κ2) is 6.80. The van der Waals surface area contributed by atoms with Gasteiger partial charge in [0.15, 0.2) is 0 Å². The number of aryl methyl sites for hydroxylation is 2. The molecule has 0 aromatic heterocycles. The predicted molar refractivity (Wildman–Crippen MR) is 89.0 cm³/mol. The number of carbonyl (C=O) groups is 1. The minimum absolute atomic E-state index is 0.276. The maximum atomic E-state index is 12.6. The molecule has 1 N–H and O–H groups in total. The van der Waals surface area contributed by atoms with Crippen molar-refractivity contribution < 1.29 is 4.79 Å². The second-order valence-electron chi connectivity index (χ2n) is 6.67. The van der Waals surface area contributed by atoms with E-state index in [-0.39, 0.29) is 5.91 Å². The minimum atomic E-state index is 0.276. The highest BCUT2D eigenvalue weighted by Crippen LogP contribution is 2.15. The van der Waals surface area contributed by atoms with Crippen LogP contribution in [0.3, 0.4) is 0 Å². The Morgan fingerprint density at radius 1 is 1.23 bits per heavy atom. The standard InChI is InChI=1S/C18H27N3O/c1-14-3-4-15(2)16(11-14)12-18(22)21-9-7-20(8-10-21)17-5-6-19-13-17/h3-4,11,17,19H,5-10,12-13H2,1-2H3/t17-/m1/s1. The molecule has 0 bridgehead atoms. The van der Waals surface area contributed by atoms with Crippen LogP contribution in [0.15, 0.2) is 18.2 Å². The lowest BCUT2D eigenvalue weighted by Crippen LogP contribution is -2.52. The van der Waals surface area contributed by atoms with Crippen LogP contribution in [0, 0.1) is 13.8 Å². The summed E-state index contributed by atoms with van der Waals surface area (Å²) in [6.45, 7) is 10.2. The average Bonchev–Trinajstić information content (AvgIpc) is 3.05. The van der Waals surface area contributed by atoms with Gasteiger partial charge in [-0.25, -0.2) is 0 Å². The van der Waals surface area contributed by atoms with Crippen molar-refractivity contribution in [3.8, 4) is 0 Å². The molecule has 120 valence electrons. The third kappa shape index (κ3) is 3.50. The van der Waals surface area contributed by atoms with Gasteiger partial charge in [0.2, 0.25) is 5.91 Å². The number of nitrogens with one attached hydrogen (secondary N) is 1.